The minimum atomic E-state index is -0.475. The van der Waals surface area contributed by atoms with Crippen molar-refractivity contribution in [3.05, 3.63) is 70.8 Å². The van der Waals surface area contributed by atoms with Gasteiger partial charge in [0, 0.05) is 60.5 Å². The average molecular weight is 485 g/mol. The Morgan fingerprint density at radius 1 is 0.889 bits per heavy atom. The topological polar surface area (TPSA) is 98.0 Å². The van der Waals surface area contributed by atoms with E-state index in [9.17, 15) is 9.59 Å². The number of aromatic nitrogens is 1. The number of carbonyl (C=O) groups excluding carboxylic acids is 2. The number of carbonyl (C=O) groups is 2. The summed E-state index contributed by atoms with van der Waals surface area (Å²) in [4.78, 5) is 34.6. The third-order valence-electron chi connectivity index (χ3n) is 7.18. The van der Waals surface area contributed by atoms with Gasteiger partial charge in [-0.15, -0.1) is 0 Å². The van der Waals surface area contributed by atoms with Gasteiger partial charge in [0.1, 0.15) is 0 Å². The highest BCUT2D eigenvalue weighted by molar-refractivity contribution is 6.00. The first-order valence-corrected chi connectivity index (χ1v) is 12.4. The molecule has 1 aliphatic carbocycles. The Balaban J connectivity index is 1.37. The Morgan fingerprint density at radius 3 is 2.39 bits per heavy atom. The minimum Gasteiger partial charge on any atom is -0.378 e. The SMILES string of the molecule is NC(=O)c1cc(-c2cccc(N3CCOCC3)c2)nc2c1Cc1cc(C(=O)N3CCOCC3)ccc1-2. The summed E-state index contributed by atoms with van der Waals surface area (Å²) in [5.41, 5.74) is 13.2. The van der Waals surface area contributed by atoms with E-state index in [2.05, 4.69) is 17.0 Å². The van der Waals surface area contributed by atoms with Crippen LogP contribution >= 0.6 is 0 Å². The van der Waals surface area contributed by atoms with Crippen molar-refractivity contribution in [1.82, 2.24) is 9.88 Å². The molecule has 2 N–H and O–H groups in total. The molecule has 0 radical (unpaired) electrons. The molecule has 0 atom stereocenters. The molecule has 0 saturated carbocycles. The van der Waals surface area contributed by atoms with Crippen LogP contribution in [0.3, 0.4) is 0 Å². The van der Waals surface area contributed by atoms with Crippen LogP contribution in [-0.2, 0) is 15.9 Å². The zero-order chi connectivity index (χ0) is 24.6. The second kappa shape index (κ2) is 9.37. The smallest absolute Gasteiger partial charge is 0.254 e. The highest BCUT2D eigenvalue weighted by Crippen LogP contribution is 2.39. The summed E-state index contributed by atoms with van der Waals surface area (Å²) in [6, 6.07) is 15.7. The number of hydrogen-bond donors (Lipinski definition) is 1. The molecule has 36 heavy (non-hydrogen) atoms. The molecular weight excluding hydrogens is 456 g/mol. The molecule has 0 bridgehead atoms. The second-order valence-corrected chi connectivity index (χ2v) is 9.35. The number of primary amides is 1. The normalized spacial score (nSPS) is 17.0. The van der Waals surface area contributed by atoms with Crippen molar-refractivity contribution in [1.29, 1.82) is 0 Å². The van der Waals surface area contributed by atoms with Crippen LogP contribution in [0.25, 0.3) is 22.5 Å². The van der Waals surface area contributed by atoms with Crippen LogP contribution in [0.5, 0.6) is 0 Å². The molecule has 8 nitrogen and oxygen atoms in total. The molecule has 2 aromatic carbocycles. The van der Waals surface area contributed by atoms with E-state index in [1.165, 1.54) is 0 Å². The van der Waals surface area contributed by atoms with Gasteiger partial charge in [-0.3, -0.25) is 9.59 Å². The molecule has 3 aliphatic rings. The number of benzene rings is 2. The van der Waals surface area contributed by atoms with E-state index in [-0.39, 0.29) is 5.91 Å². The first-order valence-electron chi connectivity index (χ1n) is 12.4. The van der Waals surface area contributed by atoms with Crippen molar-refractivity contribution >= 4 is 17.5 Å². The fourth-order valence-electron chi connectivity index (χ4n) is 5.27. The highest BCUT2D eigenvalue weighted by atomic mass is 16.5. The standard InChI is InChI=1S/C28H28N4O4/c29-27(33)24-17-25(18-2-1-3-21(15-18)31-6-10-35-11-7-31)30-26-22-5-4-19(14-20(22)16-23(24)26)28(34)32-8-12-36-13-9-32/h1-5,14-15,17H,6-13,16H2,(H2,29,33). The molecule has 3 heterocycles. The lowest BCUT2D eigenvalue weighted by Crippen LogP contribution is -2.40. The molecule has 0 spiro atoms. The van der Waals surface area contributed by atoms with E-state index in [4.69, 9.17) is 20.2 Å². The van der Waals surface area contributed by atoms with Gasteiger partial charge in [-0.1, -0.05) is 18.2 Å². The third-order valence-corrected chi connectivity index (χ3v) is 7.18. The number of hydrogen-bond acceptors (Lipinski definition) is 6. The predicted molar refractivity (Wildman–Crippen MR) is 136 cm³/mol. The Bertz CT molecular complexity index is 1340. The number of pyridine rings is 1. The molecule has 8 heteroatoms. The van der Waals surface area contributed by atoms with Crippen molar-refractivity contribution in [2.24, 2.45) is 5.73 Å². The lowest BCUT2D eigenvalue weighted by Gasteiger charge is -2.29. The maximum Gasteiger partial charge on any atom is 0.254 e. The fraction of sp³-hybridized carbons (Fsp3) is 0.321. The number of nitrogens with zero attached hydrogens (tertiary/aromatic N) is 3. The largest absolute Gasteiger partial charge is 0.378 e. The van der Waals surface area contributed by atoms with Gasteiger partial charge in [0.15, 0.2) is 0 Å². The summed E-state index contributed by atoms with van der Waals surface area (Å²) in [6.45, 7) is 5.40. The van der Waals surface area contributed by atoms with E-state index in [1.54, 1.807) is 6.07 Å². The van der Waals surface area contributed by atoms with Crippen molar-refractivity contribution in [2.75, 3.05) is 57.5 Å². The summed E-state index contributed by atoms with van der Waals surface area (Å²) >= 11 is 0. The van der Waals surface area contributed by atoms with Crippen molar-refractivity contribution in [2.45, 2.75) is 6.42 Å². The van der Waals surface area contributed by atoms with Gasteiger partial charge in [-0.05, 0) is 41.5 Å². The lowest BCUT2D eigenvalue weighted by atomic mass is 10.0. The fourth-order valence-corrected chi connectivity index (χ4v) is 5.27. The highest BCUT2D eigenvalue weighted by Gasteiger charge is 2.28. The maximum absolute atomic E-state index is 13.0. The molecule has 1 aromatic heterocycles. The molecule has 0 unspecified atom stereocenters. The predicted octanol–water partition coefficient (Wildman–Crippen LogP) is 2.73. The summed E-state index contributed by atoms with van der Waals surface area (Å²) in [7, 11) is 0. The van der Waals surface area contributed by atoms with Crippen LogP contribution in [0.1, 0.15) is 31.8 Å². The van der Waals surface area contributed by atoms with Crippen LogP contribution in [0, 0.1) is 0 Å². The summed E-state index contributed by atoms with van der Waals surface area (Å²) < 4.78 is 10.9. The zero-order valence-electron chi connectivity index (χ0n) is 20.0. The van der Waals surface area contributed by atoms with Crippen molar-refractivity contribution in [3.8, 4) is 22.5 Å². The quantitative estimate of drug-likeness (QED) is 0.478. The molecule has 184 valence electrons. The van der Waals surface area contributed by atoms with E-state index >= 15 is 0 Å². The zero-order valence-corrected chi connectivity index (χ0v) is 20.0. The van der Waals surface area contributed by atoms with E-state index < -0.39 is 5.91 Å². The Labute approximate surface area is 209 Å². The Kier molecular flexibility index (Phi) is 5.91. The van der Waals surface area contributed by atoms with Gasteiger partial charge in [-0.2, -0.15) is 0 Å². The second-order valence-electron chi connectivity index (χ2n) is 9.35. The van der Waals surface area contributed by atoms with Crippen LogP contribution in [-0.4, -0.2) is 74.3 Å². The molecular formula is C28H28N4O4. The number of nitrogens with two attached hydrogens (primary N) is 1. The van der Waals surface area contributed by atoms with E-state index in [0.717, 1.165) is 46.7 Å². The molecule has 3 aromatic rings. The molecule has 6 rings (SSSR count). The van der Waals surface area contributed by atoms with Crippen LogP contribution in [0.2, 0.25) is 0 Å². The van der Waals surface area contributed by atoms with Crippen LogP contribution < -0.4 is 10.6 Å². The van der Waals surface area contributed by atoms with Gasteiger partial charge in [0.2, 0.25) is 5.91 Å². The molecule has 2 aliphatic heterocycles. The molecule has 2 saturated heterocycles. The van der Waals surface area contributed by atoms with E-state index in [0.29, 0.717) is 62.8 Å². The van der Waals surface area contributed by atoms with Crippen LogP contribution in [0.4, 0.5) is 5.69 Å². The average Bonchev–Trinajstić information content (AvgIpc) is 3.31. The van der Waals surface area contributed by atoms with E-state index in [1.807, 2.05) is 35.2 Å². The minimum absolute atomic E-state index is 0.000701. The summed E-state index contributed by atoms with van der Waals surface area (Å²) in [6.07, 6.45) is 0.522. The monoisotopic (exact) mass is 484 g/mol. The number of fused-ring (bicyclic) bond motifs is 3. The first kappa shape index (κ1) is 22.7. The maximum atomic E-state index is 13.0. The van der Waals surface area contributed by atoms with Gasteiger partial charge >= 0.3 is 0 Å². The van der Waals surface area contributed by atoms with Gasteiger partial charge in [-0.25, -0.2) is 4.98 Å². The number of rotatable bonds is 4. The molecule has 2 fully saturated rings. The lowest BCUT2D eigenvalue weighted by molar-refractivity contribution is 0.0303. The summed E-state index contributed by atoms with van der Waals surface area (Å²) in [5.74, 6) is -0.475. The number of ether oxygens (including phenoxy) is 2. The number of morpholine rings is 2. The first-order chi connectivity index (χ1) is 17.6. The summed E-state index contributed by atoms with van der Waals surface area (Å²) in [5, 5.41) is 0. The number of anilines is 1. The van der Waals surface area contributed by atoms with Crippen LogP contribution in [0.15, 0.2) is 48.5 Å². The van der Waals surface area contributed by atoms with Gasteiger partial charge in [0.05, 0.1) is 37.8 Å². The van der Waals surface area contributed by atoms with Crippen molar-refractivity contribution < 1.29 is 19.1 Å². The Hall–Kier alpha value is -3.75. The number of amides is 2. The van der Waals surface area contributed by atoms with Gasteiger partial charge < -0.3 is 25.0 Å². The van der Waals surface area contributed by atoms with Gasteiger partial charge in [0.25, 0.3) is 5.91 Å². The third kappa shape index (κ3) is 4.12. The molecule has 2 amide bonds. The Morgan fingerprint density at radius 2 is 1.64 bits per heavy atom. The van der Waals surface area contributed by atoms with Crippen molar-refractivity contribution in [3.63, 3.8) is 0 Å².